The summed E-state index contributed by atoms with van der Waals surface area (Å²) in [7, 11) is 0. The first-order chi connectivity index (χ1) is 13.7. The summed E-state index contributed by atoms with van der Waals surface area (Å²) in [5.41, 5.74) is 1.96. The predicted molar refractivity (Wildman–Crippen MR) is 109 cm³/mol. The number of hydrogen-bond donors (Lipinski definition) is 4. The molecule has 1 aliphatic heterocycles. The van der Waals surface area contributed by atoms with Gasteiger partial charge in [-0.3, -0.25) is 19.3 Å². The number of rotatable bonds is 7. The molecule has 3 rings (SSSR count). The van der Waals surface area contributed by atoms with Gasteiger partial charge in [-0.1, -0.05) is 13.8 Å². The first-order valence-electron chi connectivity index (χ1n) is 9.84. The Kier molecular flexibility index (Phi) is 6.22. The topological polar surface area (TPSA) is 123 Å². The average Bonchev–Trinajstić information content (AvgIpc) is 3.02. The Labute approximate surface area is 168 Å². The van der Waals surface area contributed by atoms with E-state index in [4.69, 9.17) is 5.11 Å². The van der Waals surface area contributed by atoms with Crippen LogP contribution in [0.2, 0.25) is 0 Å². The average molecular weight is 401 g/mol. The lowest BCUT2D eigenvalue weighted by molar-refractivity contribution is -0.144. The third-order valence-corrected chi connectivity index (χ3v) is 5.35. The molecule has 4 N–H and O–H groups in total. The van der Waals surface area contributed by atoms with Crippen molar-refractivity contribution < 1.29 is 24.6 Å². The molecule has 156 valence electrons. The number of aromatic nitrogens is 1. The van der Waals surface area contributed by atoms with Crippen LogP contribution in [0.1, 0.15) is 44.7 Å². The number of aliphatic carboxylic acids is 2. The molecule has 1 aromatic heterocycles. The standard InChI is InChI=1S/C21H27N3O5/c1-12-7-13(2)11-24(10-12)20(21(28)29)16-9-22-17-4-3-14(8-15(16)17)23-18(25)5-6-19(26)27/h3-4,8-9,12-13,20,22H,5-7,10-11H2,1-2H3,(H,23,25)(H,26,27)(H,28,29)/t12-,13+,20-/m1/s1. The maximum Gasteiger partial charge on any atom is 0.325 e. The summed E-state index contributed by atoms with van der Waals surface area (Å²) in [4.78, 5) is 39.9. The van der Waals surface area contributed by atoms with E-state index in [9.17, 15) is 19.5 Å². The number of carbonyl (C=O) groups is 3. The fraction of sp³-hybridized carbons (Fsp3) is 0.476. The van der Waals surface area contributed by atoms with Gasteiger partial charge in [-0.05, 0) is 36.5 Å². The van der Waals surface area contributed by atoms with E-state index in [0.29, 0.717) is 23.1 Å². The zero-order valence-electron chi connectivity index (χ0n) is 16.6. The Morgan fingerprint density at radius 2 is 1.86 bits per heavy atom. The van der Waals surface area contributed by atoms with Crippen LogP contribution >= 0.6 is 0 Å². The van der Waals surface area contributed by atoms with Crippen LogP contribution in [0.4, 0.5) is 5.69 Å². The monoisotopic (exact) mass is 401 g/mol. The second kappa shape index (κ2) is 8.65. The van der Waals surface area contributed by atoms with Gasteiger partial charge in [0, 0.05) is 47.9 Å². The first-order valence-corrected chi connectivity index (χ1v) is 9.84. The van der Waals surface area contributed by atoms with Crippen LogP contribution in [0.3, 0.4) is 0 Å². The van der Waals surface area contributed by atoms with Gasteiger partial charge in [0.05, 0.1) is 6.42 Å². The molecule has 2 aromatic rings. The molecule has 0 radical (unpaired) electrons. The van der Waals surface area contributed by atoms with Crippen molar-refractivity contribution in [2.75, 3.05) is 18.4 Å². The molecule has 0 bridgehead atoms. The molecule has 0 unspecified atom stereocenters. The first kappa shape index (κ1) is 20.9. The quantitative estimate of drug-likeness (QED) is 0.565. The van der Waals surface area contributed by atoms with Gasteiger partial charge in [-0.25, -0.2) is 0 Å². The molecule has 2 heterocycles. The van der Waals surface area contributed by atoms with Crippen LogP contribution in [-0.2, 0) is 14.4 Å². The number of nitrogens with zero attached hydrogens (tertiary/aromatic N) is 1. The van der Waals surface area contributed by atoms with Crippen molar-refractivity contribution in [3.05, 3.63) is 30.0 Å². The third-order valence-electron chi connectivity index (χ3n) is 5.35. The van der Waals surface area contributed by atoms with Gasteiger partial charge in [0.15, 0.2) is 0 Å². The molecule has 8 heteroatoms. The number of carbonyl (C=O) groups excluding carboxylic acids is 1. The maximum atomic E-state index is 12.2. The molecule has 8 nitrogen and oxygen atoms in total. The largest absolute Gasteiger partial charge is 0.481 e. The van der Waals surface area contributed by atoms with Gasteiger partial charge >= 0.3 is 11.9 Å². The summed E-state index contributed by atoms with van der Waals surface area (Å²) >= 11 is 0. The van der Waals surface area contributed by atoms with E-state index >= 15 is 0 Å². The number of likely N-dealkylation sites (tertiary alicyclic amines) is 1. The van der Waals surface area contributed by atoms with Crippen LogP contribution in [-0.4, -0.2) is 51.0 Å². The van der Waals surface area contributed by atoms with E-state index in [2.05, 4.69) is 24.1 Å². The molecule has 1 amide bonds. The number of fused-ring (bicyclic) bond motifs is 1. The van der Waals surface area contributed by atoms with E-state index in [1.54, 1.807) is 24.4 Å². The summed E-state index contributed by atoms with van der Waals surface area (Å²) in [6.07, 6.45) is 2.46. The maximum absolute atomic E-state index is 12.2. The molecule has 1 aromatic carbocycles. The minimum atomic E-state index is -1.03. The molecule has 0 spiro atoms. The minimum absolute atomic E-state index is 0.116. The summed E-state index contributed by atoms with van der Waals surface area (Å²) in [6.45, 7) is 5.72. The van der Waals surface area contributed by atoms with Gasteiger partial charge in [0.2, 0.25) is 5.91 Å². The lowest BCUT2D eigenvalue weighted by atomic mass is 9.89. The number of aromatic amines is 1. The van der Waals surface area contributed by atoms with Crippen molar-refractivity contribution in [3.8, 4) is 0 Å². The fourth-order valence-corrected chi connectivity index (χ4v) is 4.30. The van der Waals surface area contributed by atoms with Crippen LogP contribution < -0.4 is 5.32 Å². The second-order valence-electron chi connectivity index (χ2n) is 8.09. The molecule has 0 aliphatic carbocycles. The number of benzene rings is 1. The smallest absolute Gasteiger partial charge is 0.325 e. The molecular weight excluding hydrogens is 374 g/mol. The van der Waals surface area contributed by atoms with Gasteiger partial charge in [0.1, 0.15) is 6.04 Å². The summed E-state index contributed by atoms with van der Waals surface area (Å²) in [6, 6.07) is 4.47. The molecular formula is C21H27N3O5. The summed E-state index contributed by atoms with van der Waals surface area (Å²) in [5.74, 6) is -1.47. The van der Waals surface area contributed by atoms with E-state index in [1.807, 2.05) is 4.90 Å². The molecule has 29 heavy (non-hydrogen) atoms. The Morgan fingerprint density at radius 3 is 2.48 bits per heavy atom. The zero-order chi connectivity index (χ0) is 21.1. The van der Waals surface area contributed by atoms with Crippen LogP contribution in [0.25, 0.3) is 10.9 Å². The highest BCUT2D eigenvalue weighted by molar-refractivity contribution is 5.96. The third kappa shape index (κ3) is 4.95. The van der Waals surface area contributed by atoms with Gasteiger partial charge < -0.3 is 20.5 Å². The molecule has 0 saturated carbocycles. The zero-order valence-corrected chi connectivity index (χ0v) is 16.6. The molecule has 3 atom stereocenters. The molecule has 1 fully saturated rings. The van der Waals surface area contributed by atoms with Crippen molar-refractivity contribution in [2.24, 2.45) is 11.8 Å². The number of hydrogen-bond acceptors (Lipinski definition) is 4. The van der Waals surface area contributed by atoms with Crippen molar-refractivity contribution in [2.45, 2.75) is 39.2 Å². The fourth-order valence-electron chi connectivity index (χ4n) is 4.30. The Bertz CT molecular complexity index is 912. The van der Waals surface area contributed by atoms with Crippen molar-refractivity contribution >= 4 is 34.4 Å². The lowest BCUT2D eigenvalue weighted by Gasteiger charge is -2.38. The van der Waals surface area contributed by atoms with Gasteiger partial charge in [-0.2, -0.15) is 0 Å². The van der Waals surface area contributed by atoms with Gasteiger partial charge in [0.25, 0.3) is 0 Å². The highest BCUT2D eigenvalue weighted by Crippen LogP contribution is 2.34. The normalized spacial score (nSPS) is 21.0. The predicted octanol–water partition coefficient (Wildman–Crippen LogP) is 3.07. The van der Waals surface area contributed by atoms with Gasteiger partial charge in [-0.15, -0.1) is 0 Å². The number of carboxylic acid groups (broad SMARTS) is 2. The highest BCUT2D eigenvalue weighted by atomic mass is 16.4. The van der Waals surface area contributed by atoms with Crippen LogP contribution in [0, 0.1) is 11.8 Å². The summed E-state index contributed by atoms with van der Waals surface area (Å²) < 4.78 is 0. The van der Waals surface area contributed by atoms with Crippen LogP contribution in [0.5, 0.6) is 0 Å². The highest BCUT2D eigenvalue weighted by Gasteiger charge is 2.34. The Hall–Kier alpha value is -2.87. The van der Waals surface area contributed by atoms with E-state index in [0.717, 1.165) is 30.4 Å². The van der Waals surface area contributed by atoms with Crippen molar-refractivity contribution in [1.29, 1.82) is 0 Å². The van der Waals surface area contributed by atoms with Crippen LogP contribution in [0.15, 0.2) is 24.4 Å². The number of H-pyrrole nitrogens is 1. The number of amides is 1. The second-order valence-corrected chi connectivity index (χ2v) is 8.09. The number of carboxylic acids is 2. The number of piperidine rings is 1. The Morgan fingerprint density at radius 1 is 1.17 bits per heavy atom. The molecule has 1 aliphatic rings. The van der Waals surface area contributed by atoms with Crippen molar-refractivity contribution in [1.82, 2.24) is 9.88 Å². The van der Waals surface area contributed by atoms with E-state index in [-0.39, 0.29) is 12.8 Å². The van der Waals surface area contributed by atoms with E-state index in [1.165, 1.54) is 0 Å². The SMILES string of the molecule is C[C@@H]1C[C@H](C)CN([C@@H](C(=O)O)c2c[nH]c3ccc(NC(=O)CCC(=O)O)cc23)C1. The lowest BCUT2D eigenvalue weighted by Crippen LogP contribution is -2.43. The minimum Gasteiger partial charge on any atom is -0.481 e. The number of nitrogens with one attached hydrogen (secondary N) is 2. The number of anilines is 1. The van der Waals surface area contributed by atoms with Crippen molar-refractivity contribution in [3.63, 3.8) is 0 Å². The summed E-state index contributed by atoms with van der Waals surface area (Å²) in [5, 5.41) is 22.1. The molecule has 1 saturated heterocycles. The van der Waals surface area contributed by atoms with E-state index < -0.39 is 23.9 Å². The Balaban J connectivity index is 1.88.